The van der Waals surface area contributed by atoms with Gasteiger partial charge in [-0.05, 0) is 30.2 Å². The molecular weight excluding hydrogens is 308 g/mol. The van der Waals surface area contributed by atoms with Crippen molar-refractivity contribution < 1.29 is 14.3 Å². The van der Waals surface area contributed by atoms with Crippen molar-refractivity contribution in [2.45, 2.75) is 12.8 Å². The van der Waals surface area contributed by atoms with Crippen LogP contribution in [0.3, 0.4) is 0 Å². The van der Waals surface area contributed by atoms with Crippen LogP contribution in [0.25, 0.3) is 0 Å². The zero-order valence-corrected chi connectivity index (χ0v) is 14.4. The zero-order valence-electron chi connectivity index (χ0n) is 14.4. The van der Waals surface area contributed by atoms with E-state index in [0.29, 0.717) is 29.8 Å². The SMILES string of the molecule is COc1ccc(NC(=O)CCc2cnn(C)c2)cc1C(=O)N(C)C. The molecule has 0 fully saturated rings. The standard InChI is InChI=1S/C17H22N4O3/c1-20(2)17(23)14-9-13(6-7-15(14)24-4)19-16(22)8-5-12-10-18-21(3)11-12/h6-7,9-11H,5,8H2,1-4H3,(H,19,22). The molecule has 1 heterocycles. The van der Waals surface area contributed by atoms with Crippen LogP contribution >= 0.6 is 0 Å². The first kappa shape index (κ1) is 17.5. The molecule has 0 saturated carbocycles. The van der Waals surface area contributed by atoms with Crippen molar-refractivity contribution in [3.05, 3.63) is 41.7 Å². The van der Waals surface area contributed by atoms with Crippen molar-refractivity contribution in [3.63, 3.8) is 0 Å². The first-order valence-electron chi connectivity index (χ1n) is 7.57. The average molecular weight is 330 g/mol. The fraction of sp³-hybridized carbons (Fsp3) is 0.353. The molecule has 0 saturated heterocycles. The molecule has 7 nitrogen and oxygen atoms in total. The van der Waals surface area contributed by atoms with Gasteiger partial charge < -0.3 is 15.0 Å². The van der Waals surface area contributed by atoms with E-state index in [1.54, 1.807) is 43.2 Å². The zero-order chi connectivity index (χ0) is 17.7. The number of aromatic nitrogens is 2. The molecule has 1 aromatic heterocycles. The fourth-order valence-corrected chi connectivity index (χ4v) is 2.28. The number of aryl methyl sites for hydroxylation is 2. The number of carbonyl (C=O) groups excluding carboxylic acids is 2. The van der Waals surface area contributed by atoms with Crippen LogP contribution < -0.4 is 10.1 Å². The number of rotatable bonds is 6. The molecule has 0 radical (unpaired) electrons. The maximum Gasteiger partial charge on any atom is 0.257 e. The van der Waals surface area contributed by atoms with Crippen molar-refractivity contribution in [3.8, 4) is 5.75 Å². The predicted octanol–water partition coefficient (Wildman–Crippen LogP) is 1.70. The first-order valence-corrected chi connectivity index (χ1v) is 7.57. The molecule has 0 unspecified atom stereocenters. The Morgan fingerprint density at radius 2 is 2.08 bits per heavy atom. The summed E-state index contributed by atoms with van der Waals surface area (Å²) in [5.41, 5.74) is 1.98. The summed E-state index contributed by atoms with van der Waals surface area (Å²) in [4.78, 5) is 25.8. The lowest BCUT2D eigenvalue weighted by Gasteiger charge is -2.15. The Hall–Kier alpha value is -2.83. The maximum atomic E-state index is 12.2. The van der Waals surface area contributed by atoms with E-state index in [4.69, 9.17) is 4.74 Å². The molecular formula is C17H22N4O3. The molecule has 2 aromatic rings. The van der Waals surface area contributed by atoms with E-state index in [1.807, 2.05) is 13.2 Å². The second kappa shape index (κ2) is 7.63. The monoisotopic (exact) mass is 330 g/mol. The highest BCUT2D eigenvalue weighted by Crippen LogP contribution is 2.24. The number of ether oxygens (including phenoxy) is 1. The second-order valence-electron chi connectivity index (χ2n) is 5.69. The molecule has 0 atom stereocenters. The first-order chi connectivity index (χ1) is 11.4. The topological polar surface area (TPSA) is 76.5 Å². The van der Waals surface area contributed by atoms with Gasteiger partial charge in [-0.25, -0.2) is 0 Å². The van der Waals surface area contributed by atoms with Gasteiger partial charge in [0, 0.05) is 39.4 Å². The van der Waals surface area contributed by atoms with Gasteiger partial charge in [-0.2, -0.15) is 5.10 Å². The smallest absolute Gasteiger partial charge is 0.257 e. The van der Waals surface area contributed by atoms with Crippen LogP contribution in [0.4, 0.5) is 5.69 Å². The minimum Gasteiger partial charge on any atom is -0.496 e. The van der Waals surface area contributed by atoms with E-state index in [0.717, 1.165) is 5.56 Å². The van der Waals surface area contributed by atoms with Gasteiger partial charge >= 0.3 is 0 Å². The molecule has 0 aliphatic heterocycles. The summed E-state index contributed by atoms with van der Waals surface area (Å²) in [7, 11) is 6.68. The fourth-order valence-electron chi connectivity index (χ4n) is 2.28. The predicted molar refractivity (Wildman–Crippen MR) is 91.2 cm³/mol. The highest BCUT2D eigenvalue weighted by atomic mass is 16.5. The Morgan fingerprint density at radius 1 is 1.33 bits per heavy atom. The summed E-state index contributed by atoms with van der Waals surface area (Å²) in [6.07, 6.45) is 4.58. The number of nitrogens with one attached hydrogen (secondary N) is 1. The molecule has 1 N–H and O–H groups in total. The summed E-state index contributed by atoms with van der Waals surface area (Å²) in [6, 6.07) is 5.02. The summed E-state index contributed by atoms with van der Waals surface area (Å²) in [5.74, 6) is 0.174. The highest BCUT2D eigenvalue weighted by Gasteiger charge is 2.15. The minimum atomic E-state index is -0.182. The normalized spacial score (nSPS) is 10.3. The lowest BCUT2D eigenvalue weighted by Crippen LogP contribution is -2.22. The van der Waals surface area contributed by atoms with Crippen molar-refractivity contribution in [2.24, 2.45) is 7.05 Å². The van der Waals surface area contributed by atoms with Crippen LogP contribution in [0.15, 0.2) is 30.6 Å². The lowest BCUT2D eigenvalue weighted by molar-refractivity contribution is -0.116. The minimum absolute atomic E-state index is 0.118. The van der Waals surface area contributed by atoms with Gasteiger partial charge in [0.25, 0.3) is 5.91 Å². The van der Waals surface area contributed by atoms with Gasteiger partial charge in [-0.3, -0.25) is 14.3 Å². The highest BCUT2D eigenvalue weighted by molar-refractivity contribution is 5.99. The Morgan fingerprint density at radius 3 is 2.67 bits per heavy atom. The number of nitrogens with zero attached hydrogens (tertiary/aromatic N) is 3. The molecule has 0 bridgehead atoms. The van der Waals surface area contributed by atoms with Crippen LogP contribution in [0.5, 0.6) is 5.75 Å². The van der Waals surface area contributed by atoms with E-state index >= 15 is 0 Å². The molecule has 0 aliphatic carbocycles. The molecule has 2 rings (SSSR count). The Labute approximate surface area is 141 Å². The molecule has 1 aromatic carbocycles. The number of benzene rings is 1. The summed E-state index contributed by atoms with van der Waals surface area (Å²) >= 11 is 0. The quantitative estimate of drug-likeness (QED) is 0.875. The van der Waals surface area contributed by atoms with Crippen LogP contribution in [0.1, 0.15) is 22.3 Å². The largest absolute Gasteiger partial charge is 0.496 e. The van der Waals surface area contributed by atoms with Gasteiger partial charge in [-0.15, -0.1) is 0 Å². The van der Waals surface area contributed by atoms with Gasteiger partial charge in [0.1, 0.15) is 5.75 Å². The number of hydrogen-bond acceptors (Lipinski definition) is 4. The van der Waals surface area contributed by atoms with Gasteiger partial charge in [0.2, 0.25) is 5.91 Å². The van der Waals surface area contributed by atoms with Crippen LogP contribution in [0.2, 0.25) is 0 Å². The summed E-state index contributed by atoms with van der Waals surface area (Å²) in [6.45, 7) is 0. The van der Waals surface area contributed by atoms with E-state index in [1.165, 1.54) is 12.0 Å². The van der Waals surface area contributed by atoms with Crippen molar-refractivity contribution in [1.29, 1.82) is 0 Å². The third-order valence-corrected chi connectivity index (χ3v) is 3.52. The van der Waals surface area contributed by atoms with Crippen molar-refractivity contribution >= 4 is 17.5 Å². The Bertz CT molecular complexity index is 737. The van der Waals surface area contributed by atoms with E-state index in [-0.39, 0.29) is 11.8 Å². The van der Waals surface area contributed by atoms with Crippen molar-refractivity contribution in [2.75, 3.05) is 26.5 Å². The second-order valence-corrected chi connectivity index (χ2v) is 5.69. The summed E-state index contributed by atoms with van der Waals surface area (Å²) < 4.78 is 6.92. The average Bonchev–Trinajstić information content (AvgIpc) is 2.97. The number of amides is 2. The van der Waals surface area contributed by atoms with E-state index in [2.05, 4.69) is 10.4 Å². The third kappa shape index (κ3) is 4.34. The molecule has 2 amide bonds. The number of carbonyl (C=O) groups is 2. The number of methoxy groups -OCH3 is 1. The third-order valence-electron chi connectivity index (χ3n) is 3.52. The Balaban J connectivity index is 2.04. The van der Waals surface area contributed by atoms with Crippen LogP contribution in [-0.4, -0.2) is 47.7 Å². The molecule has 24 heavy (non-hydrogen) atoms. The number of anilines is 1. The van der Waals surface area contributed by atoms with Gasteiger partial charge in [-0.1, -0.05) is 0 Å². The van der Waals surface area contributed by atoms with Crippen LogP contribution in [-0.2, 0) is 18.3 Å². The molecule has 7 heteroatoms. The van der Waals surface area contributed by atoms with E-state index in [9.17, 15) is 9.59 Å². The van der Waals surface area contributed by atoms with Crippen molar-refractivity contribution in [1.82, 2.24) is 14.7 Å². The maximum absolute atomic E-state index is 12.2. The van der Waals surface area contributed by atoms with Gasteiger partial charge in [0.05, 0.1) is 18.9 Å². The number of hydrogen-bond donors (Lipinski definition) is 1. The lowest BCUT2D eigenvalue weighted by atomic mass is 10.1. The molecule has 128 valence electrons. The summed E-state index contributed by atoms with van der Waals surface area (Å²) in [5, 5.41) is 6.89. The van der Waals surface area contributed by atoms with Crippen LogP contribution in [0, 0.1) is 0 Å². The molecule has 0 aliphatic rings. The molecule has 0 spiro atoms. The van der Waals surface area contributed by atoms with Gasteiger partial charge in [0.15, 0.2) is 0 Å². The Kier molecular flexibility index (Phi) is 5.57. The van der Waals surface area contributed by atoms with E-state index < -0.39 is 0 Å².